The molecule has 1 unspecified atom stereocenters. The van der Waals surface area contributed by atoms with Crippen molar-refractivity contribution in [2.45, 2.75) is 46.1 Å². The van der Waals surface area contributed by atoms with Gasteiger partial charge in [0.05, 0.1) is 0 Å². The van der Waals surface area contributed by atoms with Gasteiger partial charge in [-0.2, -0.15) is 0 Å². The molecule has 0 radical (unpaired) electrons. The predicted molar refractivity (Wildman–Crippen MR) is 68.1 cm³/mol. The maximum absolute atomic E-state index is 5.71. The number of aryl methyl sites for hydroxylation is 3. The molecule has 1 atom stereocenters. The average Bonchev–Trinajstić information content (AvgIpc) is 2.98. The summed E-state index contributed by atoms with van der Waals surface area (Å²) in [5, 5.41) is 0. The second-order valence-corrected chi connectivity index (χ2v) is 5.21. The summed E-state index contributed by atoms with van der Waals surface area (Å²) in [6.45, 7) is 6.52. The van der Waals surface area contributed by atoms with Crippen LogP contribution >= 0.6 is 0 Å². The van der Waals surface area contributed by atoms with Gasteiger partial charge in [-0.05, 0) is 49.8 Å². The van der Waals surface area contributed by atoms with E-state index in [0.717, 1.165) is 5.92 Å². The van der Waals surface area contributed by atoms with E-state index in [1.807, 2.05) is 0 Å². The zero-order valence-electron chi connectivity index (χ0n) is 10.5. The lowest BCUT2D eigenvalue weighted by Crippen LogP contribution is -2.29. The fourth-order valence-electron chi connectivity index (χ4n) is 2.70. The molecule has 0 aliphatic heterocycles. The Morgan fingerprint density at radius 1 is 1.25 bits per heavy atom. The van der Waals surface area contributed by atoms with Crippen molar-refractivity contribution in [1.82, 2.24) is 5.43 Å². The highest BCUT2D eigenvalue weighted by Crippen LogP contribution is 2.38. The van der Waals surface area contributed by atoms with E-state index in [-0.39, 0.29) is 0 Å². The van der Waals surface area contributed by atoms with Crippen LogP contribution in [0.25, 0.3) is 0 Å². The number of hydrogen-bond acceptors (Lipinski definition) is 2. The largest absolute Gasteiger partial charge is 0.271 e. The van der Waals surface area contributed by atoms with Gasteiger partial charge in [0.2, 0.25) is 0 Å². The van der Waals surface area contributed by atoms with Crippen molar-refractivity contribution < 1.29 is 0 Å². The minimum atomic E-state index is 0.327. The van der Waals surface area contributed by atoms with Crippen molar-refractivity contribution in [2.24, 2.45) is 11.8 Å². The topological polar surface area (TPSA) is 38.0 Å². The van der Waals surface area contributed by atoms with Crippen molar-refractivity contribution >= 4 is 0 Å². The van der Waals surface area contributed by atoms with Gasteiger partial charge in [-0.1, -0.05) is 30.5 Å². The Kier molecular flexibility index (Phi) is 3.31. The van der Waals surface area contributed by atoms with Crippen LogP contribution in [0.5, 0.6) is 0 Å². The highest BCUT2D eigenvalue weighted by Gasteiger charge is 2.27. The highest BCUT2D eigenvalue weighted by atomic mass is 15.2. The molecule has 3 N–H and O–H groups in total. The van der Waals surface area contributed by atoms with Crippen LogP contribution in [-0.2, 0) is 0 Å². The fourth-order valence-corrected chi connectivity index (χ4v) is 2.70. The van der Waals surface area contributed by atoms with Gasteiger partial charge in [-0.15, -0.1) is 0 Å². The summed E-state index contributed by atoms with van der Waals surface area (Å²) >= 11 is 0. The summed E-state index contributed by atoms with van der Waals surface area (Å²) in [6, 6.07) is 4.83. The first-order valence-electron chi connectivity index (χ1n) is 6.15. The van der Waals surface area contributed by atoms with Gasteiger partial charge in [-0.25, -0.2) is 0 Å². The first-order valence-corrected chi connectivity index (χ1v) is 6.15. The Labute approximate surface area is 98.2 Å². The third-order valence-electron chi connectivity index (χ3n) is 3.55. The molecule has 1 aromatic rings. The Bertz CT molecular complexity index is 357. The minimum Gasteiger partial charge on any atom is -0.271 e. The van der Waals surface area contributed by atoms with Gasteiger partial charge < -0.3 is 0 Å². The molecule has 0 bridgehead atoms. The zero-order valence-corrected chi connectivity index (χ0v) is 10.5. The summed E-state index contributed by atoms with van der Waals surface area (Å²) in [5.74, 6) is 6.60. The number of nitrogens with two attached hydrogens (primary N) is 1. The van der Waals surface area contributed by atoms with Gasteiger partial charge in [-0.3, -0.25) is 11.3 Å². The van der Waals surface area contributed by atoms with Crippen molar-refractivity contribution in [3.63, 3.8) is 0 Å². The second-order valence-electron chi connectivity index (χ2n) is 5.21. The van der Waals surface area contributed by atoms with E-state index in [9.17, 15) is 0 Å². The van der Waals surface area contributed by atoms with Gasteiger partial charge >= 0.3 is 0 Å². The molecule has 2 nitrogen and oxygen atoms in total. The zero-order chi connectivity index (χ0) is 11.7. The SMILES string of the molecule is Cc1cc(C)c(C(CC2CC2)NN)c(C)c1. The monoisotopic (exact) mass is 218 g/mol. The Morgan fingerprint density at radius 3 is 2.25 bits per heavy atom. The van der Waals surface area contributed by atoms with Crippen molar-refractivity contribution in [2.75, 3.05) is 0 Å². The van der Waals surface area contributed by atoms with Crippen LogP contribution in [-0.4, -0.2) is 0 Å². The summed E-state index contributed by atoms with van der Waals surface area (Å²) in [7, 11) is 0. The Balaban J connectivity index is 2.28. The molecule has 0 heterocycles. The van der Waals surface area contributed by atoms with Crippen LogP contribution in [0.1, 0.15) is 47.6 Å². The first kappa shape index (κ1) is 11.6. The molecule has 0 amide bonds. The third-order valence-corrected chi connectivity index (χ3v) is 3.55. The van der Waals surface area contributed by atoms with Gasteiger partial charge in [0.25, 0.3) is 0 Å². The lowest BCUT2D eigenvalue weighted by Gasteiger charge is -2.21. The summed E-state index contributed by atoms with van der Waals surface area (Å²) in [5.41, 5.74) is 8.45. The Hall–Kier alpha value is -0.860. The molecular weight excluding hydrogens is 196 g/mol. The minimum absolute atomic E-state index is 0.327. The van der Waals surface area contributed by atoms with Crippen molar-refractivity contribution in [3.05, 3.63) is 34.4 Å². The molecular formula is C14H22N2. The van der Waals surface area contributed by atoms with E-state index in [4.69, 9.17) is 5.84 Å². The number of nitrogens with one attached hydrogen (secondary N) is 1. The molecule has 1 saturated carbocycles. The molecule has 16 heavy (non-hydrogen) atoms. The van der Waals surface area contributed by atoms with E-state index < -0.39 is 0 Å². The predicted octanol–water partition coefficient (Wildman–Crippen LogP) is 2.92. The van der Waals surface area contributed by atoms with Gasteiger partial charge in [0.1, 0.15) is 0 Å². The van der Waals surface area contributed by atoms with Gasteiger partial charge in [0, 0.05) is 6.04 Å². The van der Waals surface area contributed by atoms with Crippen molar-refractivity contribution in [1.29, 1.82) is 0 Å². The lowest BCUT2D eigenvalue weighted by molar-refractivity contribution is 0.483. The van der Waals surface area contributed by atoms with E-state index >= 15 is 0 Å². The highest BCUT2D eigenvalue weighted by molar-refractivity contribution is 5.39. The molecule has 1 aliphatic carbocycles. The number of hydrazine groups is 1. The maximum atomic E-state index is 5.71. The van der Waals surface area contributed by atoms with Crippen LogP contribution in [0.15, 0.2) is 12.1 Å². The maximum Gasteiger partial charge on any atom is 0.0467 e. The number of benzene rings is 1. The normalized spacial score (nSPS) is 17.5. The van der Waals surface area contributed by atoms with E-state index in [1.165, 1.54) is 41.5 Å². The lowest BCUT2D eigenvalue weighted by atomic mass is 9.91. The quantitative estimate of drug-likeness (QED) is 0.602. The van der Waals surface area contributed by atoms with Gasteiger partial charge in [0.15, 0.2) is 0 Å². The molecule has 88 valence electrons. The molecule has 1 aromatic carbocycles. The summed E-state index contributed by atoms with van der Waals surface area (Å²) in [6.07, 6.45) is 3.94. The molecule has 0 spiro atoms. The standard InChI is InChI=1S/C14H22N2/c1-9-6-10(2)14(11(3)7-9)13(16-15)8-12-4-5-12/h6-7,12-13,16H,4-5,8,15H2,1-3H3. The van der Waals surface area contributed by atoms with Crippen LogP contribution in [0.4, 0.5) is 0 Å². The number of rotatable bonds is 4. The smallest absolute Gasteiger partial charge is 0.0467 e. The molecule has 0 saturated heterocycles. The van der Waals surface area contributed by atoms with E-state index in [0.29, 0.717) is 6.04 Å². The third kappa shape index (κ3) is 2.45. The number of hydrogen-bond donors (Lipinski definition) is 2. The van der Waals surface area contributed by atoms with E-state index in [1.54, 1.807) is 0 Å². The first-order chi connectivity index (χ1) is 7.61. The molecule has 1 aliphatic rings. The van der Waals surface area contributed by atoms with Crippen LogP contribution in [0, 0.1) is 26.7 Å². The fraction of sp³-hybridized carbons (Fsp3) is 0.571. The average molecular weight is 218 g/mol. The second kappa shape index (κ2) is 4.56. The molecule has 2 rings (SSSR count). The summed E-state index contributed by atoms with van der Waals surface area (Å²) < 4.78 is 0. The van der Waals surface area contributed by atoms with Crippen LogP contribution in [0.3, 0.4) is 0 Å². The van der Waals surface area contributed by atoms with Crippen LogP contribution < -0.4 is 11.3 Å². The molecule has 1 fully saturated rings. The Morgan fingerprint density at radius 2 is 1.81 bits per heavy atom. The summed E-state index contributed by atoms with van der Waals surface area (Å²) in [4.78, 5) is 0. The van der Waals surface area contributed by atoms with Crippen LogP contribution in [0.2, 0.25) is 0 Å². The molecule has 0 aromatic heterocycles. The van der Waals surface area contributed by atoms with E-state index in [2.05, 4.69) is 38.3 Å². The molecule has 2 heteroatoms. The van der Waals surface area contributed by atoms with Crippen molar-refractivity contribution in [3.8, 4) is 0 Å².